The number of halogens is 1. The van der Waals surface area contributed by atoms with Crippen LogP contribution in [0.2, 0.25) is 5.02 Å². The Bertz CT molecular complexity index is 423. The highest BCUT2D eigenvalue weighted by atomic mass is 35.5. The van der Waals surface area contributed by atoms with Crippen LogP contribution in [0.5, 0.6) is 0 Å². The first-order valence-corrected chi connectivity index (χ1v) is 5.29. The Morgan fingerprint density at radius 1 is 1.47 bits per heavy atom. The van der Waals surface area contributed by atoms with Crippen LogP contribution in [0, 0.1) is 0 Å². The molecular weight excluding hydrogens is 244 g/mol. The van der Waals surface area contributed by atoms with Gasteiger partial charge >= 0.3 is 11.8 Å². The molecule has 0 aromatic heterocycles. The summed E-state index contributed by atoms with van der Waals surface area (Å²) in [4.78, 5) is 21.6. The highest BCUT2D eigenvalue weighted by Gasteiger charge is 2.16. The summed E-state index contributed by atoms with van der Waals surface area (Å²) in [6.45, 7) is 0.127. The molecule has 0 saturated carbocycles. The van der Waals surface area contributed by atoms with Crippen LogP contribution in [0.25, 0.3) is 0 Å². The van der Waals surface area contributed by atoms with Crippen LogP contribution < -0.4 is 11.1 Å². The zero-order chi connectivity index (χ0) is 12.8. The van der Waals surface area contributed by atoms with Crippen LogP contribution in [0.1, 0.15) is 11.7 Å². The summed E-state index contributed by atoms with van der Waals surface area (Å²) in [6, 6.07) is 7.11. The van der Waals surface area contributed by atoms with Crippen molar-refractivity contribution in [2.45, 2.75) is 6.10 Å². The standard InChI is InChI=1S/C11H13ClN2O3/c1-17-9(6-14-11(16)10(13)15)7-4-2-3-5-8(7)12/h2-5,9H,6H2,1H3,(H2,13,15)(H,14,16)/t9-/m0/s1. The lowest BCUT2D eigenvalue weighted by Gasteiger charge is -2.17. The molecule has 0 spiro atoms. The van der Waals surface area contributed by atoms with Gasteiger partial charge in [0, 0.05) is 24.2 Å². The number of ether oxygens (including phenoxy) is 1. The number of hydrogen-bond acceptors (Lipinski definition) is 3. The molecule has 17 heavy (non-hydrogen) atoms. The SMILES string of the molecule is CO[C@@H](CNC(=O)C(N)=O)c1ccccc1Cl. The summed E-state index contributed by atoms with van der Waals surface area (Å²) in [5.74, 6) is -1.88. The summed E-state index contributed by atoms with van der Waals surface area (Å²) >= 11 is 5.99. The maximum Gasteiger partial charge on any atom is 0.309 e. The normalized spacial score (nSPS) is 11.9. The second-order valence-corrected chi connectivity index (χ2v) is 3.73. The van der Waals surface area contributed by atoms with E-state index in [1.165, 1.54) is 7.11 Å². The van der Waals surface area contributed by atoms with Crippen molar-refractivity contribution >= 4 is 23.4 Å². The second kappa shape index (κ2) is 6.22. The Morgan fingerprint density at radius 2 is 2.12 bits per heavy atom. The number of nitrogens with one attached hydrogen (secondary N) is 1. The number of carbonyl (C=O) groups is 2. The molecule has 6 heteroatoms. The lowest BCUT2D eigenvalue weighted by atomic mass is 10.1. The molecule has 0 heterocycles. The van der Waals surface area contributed by atoms with Crippen LogP contribution in [-0.2, 0) is 14.3 Å². The smallest absolute Gasteiger partial charge is 0.309 e. The molecule has 1 rings (SSSR count). The number of benzene rings is 1. The molecule has 0 aliphatic rings. The molecule has 2 amide bonds. The van der Waals surface area contributed by atoms with Gasteiger partial charge in [-0.1, -0.05) is 29.8 Å². The van der Waals surface area contributed by atoms with Crippen molar-refractivity contribution in [3.8, 4) is 0 Å². The van der Waals surface area contributed by atoms with Gasteiger partial charge < -0.3 is 15.8 Å². The van der Waals surface area contributed by atoms with Gasteiger partial charge in [0.05, 0.1) is 0 Å². The van der Waals surface area contributed by atoms with Crippen molar-refractivity contribution in [3.63, 3.8) is 0 Å². The Hall–Kier alpha value is -1.59. The Labute approximate surface area is 104 Å². The lowest BCUT2D eigenvalue weighted by Crippen LogP contribution is -2.38. The molecule has 0 radical (unpaired) electrons. The van der Waals surface area contributed by atoms with Gasteiger partial charge in [-0.3, -0.25) is 9.59 Å². The van der Waals surface area contributed by atoms with Crippen LogP contribution in [0.4, 0.5) is 0 Å². The van der Waals surface area contributed by atoms with Crippen LogP contribution in [0.15, 0.2) is 24.3 Å². The van der Waals surface area contributed by atoms with E-state index in [1.807, 2.05) is 6.07 Å². The zero-order valence-electron chi connectivity index (χ0n) is 9.27. The molecule has 1 atom stereocenters. The number of rotatable bonds is 4. The van der Waals surface area contributed by atoms with Crippen molar-refractivity contribution in [3.05, 3.63) is 34.9 Å². The van der Waals surface area contributed by atoms with Crippen molar-refractivity contribution in [1.82, 2.24) is 5.32 Å². The van der Waals surface area contributed by atoms with E-state index in [9.17, 15) is 9.59 Å². The maximum absolute atomic E-state index is 11.0. The summed E-state index contributed by atoms with van der Waals surface area (Å²) in [5.41, 5.74) is 5.55. The van der Waals surface area contributed by atoms with Crippen LogP contribution >= 0.6 is 11.6 Å². The van der Waals surface area contributed by atoms with Gasteiger partial charge in [-0.15, -0.1) is 0 Å². The fourth-order valence-electron chi connectivity index (χ4n) is 1.33. The minimum Gasteiger partial charge on any atom is -0.375 e. The first-order chi connectivity index (χ1) is 8.06. The summed E-state index contributed by atoms with van der Waals surface area (Å²) < 4.78 is 5.20. The second-order valence-electron chi connectivity index (χ2n) is 3.32. The average molecular weight is 257 g/mol. The van der Waals surface area contributed by atoms with E-state index in [4.69, 9.17) is 22.1 Å². The molecule has 3 N–H and O–H groups in total. The lowest BCUT2D eigenvalue weighted by molar-refractivity contribution is -0.137. The van der Waals surface area contributed by atoms with Crippen LogP contribution in [-0.4, -0.2) is 25.5 Å². The summed E-state index contributed by atoms with van der Waals surface area (Å²) in [6.07, 6.45) is -0.424. The van der Waals surface area contributed by atoms with Gasteiger partial charge in [0.15, 0.2) is 0 Å². The Balaban J connectivity index is 2.70. The first kappa shape index (κ1) is 13.5. The fraction of sp³-hybridized carbons (Fsp3) is 0.273. The van der Waals surface area contributed by atoms with Gasteiger partial charge in [0.2, 0.25) is 0 Å². The predicted molar refractivity (Wildman–Crippen MR) is 63.4 cm³/mol. The summed E-state index contributed by atoms with van der Waals surface area (Å²) in [7, 11) is 1.49. The van der Waals surface area contributed by atoms with Crippen molar-refractivity contribution < 1.29 is 14.3 Å². The molecule has 0 aliphatic heterocycles. The van der Waals surface area contributed by atoms with Crippen molar-refractivity contribution in [1.29, 1.82) is 0 Å². The Morgan fingerprint density at radius 3 is 2.65 bits per heavy atom. The zero-order valence-corrected chi connectivity index (χ0v) is 10.0. The fourth-order valence-corrected chi connectivity index (χ4v) is 1.59. The molecule has 0 unspecified atom stereocenters. The van der Waals surface area contributed by atoms with Gasteiger partial charge in [0.25, 0.3) is 0 Å². The molecular formula is C11H13ClN2O3. The molecule has 0 aliphatic carbocycles. The third-order valence-electron chi connectivity index (χ3n) is 2.21. The van der Waals surface area contributed by atoms with Crippen molar-refractivity contribution in [2.24, 2.45) is 5.73 Å². The minimum absolute atomic E-state index is 0.127. The number of hydrogen-bond donors (Lipinski definition) is 2. The molecule has 0 saturated heterocycles. The van der Waals surface area contributed by atoms with E-state index in [0.29, 0.717) is 5.02 Å². The Kier molecular flexibility index (Phi) is 4.93. The third kappa shape index (κ3) is 3.72. The van der Waals surface area contributed by atoms with Gasteiger partial charge in [-0.05, 0) is 6.07 Å². The minimum atomic E-state index is -1.03. The highest BCUT2D eigenvalue weighted by molar-refractivity contribution is 6.34. The quantitative estimate of drug-likeness (QED) is 0.776. The van der Waals surface area contributed by atoms with E-state index in [-0.39, 0.29) is 6.54 Å². The average Bonchev–Trinajstić information content (AvgIpc) is 2.31. The van der Waals surface area contributed by atoms with Gasteiger partial charge in [-0.2, -0.15) is 0 Å². The molecule has 1 aromatic rings. The van der Waals surface area contributed by atoms with E-state index in [0.717, 1.165) is 5.56 Å². The monoisotopic (exact) mass is 256 g/mol. The number of carbonyl (C=O) groups excluding carboxylic acids is 2. The van der Waals surface area contributed by atoms with Crippen LogP contribution in [0.3, 0.4) is 0 Å². The van der Waals surface area contributed by atoms with Gasteiger partial charge in [0.1, 0.15) is 6.10 Å². The van der Waals surface area contributed by atoms with E-state index < -0.39 is 17.9 Å². The molecule has 0 bridgehead atoms. The van der Waals surface area contributed by atoms with Gasteiger partial charge in [-0.25, -0.2) is 0 Å². The van der Waals surface area contributed by atoms with Crippen molar-refractivity contribution in [2.75, 3.05) is 13.7 Å². The molecule has 1 aromatic carbocycles. The number of nitrogens with two attached hydrogens (primary N) is 1. The first-order valence-electron chi connectivity index (χ1n) is 4.91. The third-order valence-corrected chi connectivity index (χ3v) is 2.55. The number of primary amides is 1. The topological polar surface area (TPSA) is 81.4 Å². The predicted octanol–water partition coefficient (Wildman–Crippen LogP) is 0.629. The van der Waals surface area contributed by atoms with E-state index in [2.05, 4.69) is 5.32 Å². The molecule has 5 nitrogen and oxygen atoms in total. The van der Waals surface area contributed by atoms with E-state index >= 15 is 0 Å². The largest absolute Gasteiger partial charge is 0.375 e. The highest BCUT2D eigenvalue weighted by Crippen LogP contribution is 2.24. The maximum atomic E-state index is 11.0. The number of methoxy groups -OCH3 is 1. The number of amides is 2. The molecule has 0 fully saturated rings. The van der Waals surface area contributed by atoms with E-state index in [1.54, 1.807) is 18.2 Å². The molecule has 92 valence electrons. The summed E-state index contributed by atoms with van der Waals surface area (Å²) in [5, 5.41) is 2.90.